The molecule has 0 spiro atoms. The Morgan fingerprint density at radius 1 is 1.50 bits per heavy atom. The average Bonchev–Trinajstić information content (AvgIpc) is 2.87. The minimum Gasteiger partial charge on any atom is -0.318 e. The third-order valence-electron chi connectivity index (χ3n) is 3.47. The zero-order chi connectivity index (χ0) is 15.6. The molecule has 1 heterocycles. The number of nitro benzene ring substituents is 1. The van der Waals surface area contributed by atoms with Crippen LogP contribution in [-0.4, -0.2) is 43.8 Å². The first-order valence-corrected chi connectivity index (χ1v) is 8.30. The van der Waals surface area contributed by atoms with Crippen molar-refractivity contribution in [2.24, 2.45) is 0 Å². The van der Waals surface area contributed by atoms with Crippen molar-refractivity contribution >= 4 is 39.7 Å². The van der Waals surface area contributed by atoms with Gasteiger partial charge in [0, 0.05) is 30.2 Å². The van der Waals surface area contributed by atoms with Crippen LogP contribution in [0.2, 0.25) is 5.02 Å². The van der Waals surface area contributed by atoms with Crippen LogP contribution in [0.1, 0.15) is 12.8 Å². The van der Waals surface area contributed by atoms with Gasteiger partial charge >= 0.3 is 0 Å². The molecule has 22 heavy (non-hydrogen) atoms. The van der Waals surface area contributed by atoms with Gasteiger partial charge in [0.1, 0.15) is 0 Å². The summed E-state index contributed by atoms with van der Waals surface area (Å²) in [5.74, 6) is 0. The maximum absolute atomic E-state index is 12.7. The van der Waals surface area contributed by atoms with Crippen LogP contribution in [0.4, 0.5) is 5.69 Å². The monoisotopic (exact) mass is 369 g/mol. The van der Waals surface area contributed by atoms with E-state index in [0.717, 1.165) is 18.9 Å². The second-order valence-electron chi connectivity index (χ2n) is 4.84. The van der Waals surface area contributed by atoms with Crippen molar-refractivity contribution in [3.63, 3.8) is 0 Å². The first-order chi connectivity index (χ1) is 9.87. The van der Waals surface area contributed by atoms with E-state index in [1.165, 1.54) is 16.4 Å². The van der Waals surface area contributed by atoms with E-state index in [9.17, 15) is 18.5 Å². The van der Waals surface area contributed by atoms with Crippen LogP contribution in [0.5, 0.6) is 0 Å². The predicted molar refractivity (Wildman–Crippen MR) is 86.2 cm³/mol. The molecule has 2 rings (SSSR count). The minimum absolute atomic E-state index is 0. The van der Waals surface area contributed by atoms with Crippen molar-refractivity contribution in [2.75, 3.05) is 20.1 Å². The standard InChI is InChI=1S/C12H16ClN3O4S.ClH/c1-14-8-10-3-2-6-15(10)21(19,20)12-5-4-9(13)7-11(12)16(17)18;/h4-5,7,10,14H,2-3,6,8H2,1H3;1H. The van der Waals surface area contributed by atoms with Crippen LogP contribution in [0.15, 0.2) is 23.1 Å². The molecule has 7 nitrogen and oxygen atoms in total. The number of nitrogens with zero attached hydrogens (tertiary/aromatic N) is 2. The summed E-state index contributed by atoms with van der Waals surface area (Å²) in [5, 5.41) is 14.2. The highest BCUT2D eigenvalue weighted by Gasteiger charge is 2.38. The van der Waals surface area contributed by atoms with E-state index in [0.29, 0.717) is 13.1 Å². The molecule has 0 saturated carbocycles. The third kappa shape index (κ3) is 3.69. The highest BCUT2D eigenvalue weighted by atomic mass is 35.5. The summed E-state index contributed by atoms with van der Waals surface area (Å²) in [6.45, 7) is 0.884. The summed E-state index contributed by atoms with van der Waals surface area (Å²) < 4.78 is 26.7. The normalized spacial score (nSPS) is 18.9. The first-order valence-electron chi connectivity index (χ1n) is 6.48. The van der Waals surface area contributed by atoms with Gasteiger partial charge in [0.25, 0.3) is 5.69 Å². The quantitative estimate of drug-likeness (QED) is 0.633. The number of rotatable bonds is 5. The smallest absolute Gasteiger partial charge is 0.290 e. The Kier molecular flexibility index (Phi) is 6.57. The van der Waals surface area contributed by atoms with Gasteiger partial charge in [-0.3, -0.25) is 10.1 Å². The zero-order valence-corrected chi connectivity index (χ0v) is 14.2. The number of likely N-dealkylation sites (N-methyl/N-ethyl adjacent to an activating group) is 1. The Balaban J connectivity index is 0.00000242. The van der Waals surface area contributed by atoms with E-state index in [1.54, 1.807) is 7.05 Å². The SMILES string of the molecule is CNCC1CCCN1S(=O)(=O)c1ccc(Cl)cc1[N+](=O)[O-].Cl. The third-order valence-corrected chi connectivity index (χ3v) is 5.70. The summed E-state index contributed by atoms with van der Waals surface area (Å²) in [5.41, 5.74) is -0.488. The van der Waals surface area contributed by atoms with Gasteiger partial charge in [-0.05, 0) is 32.0 Å². The van der Waals surface area contributed by atoms with Gasteiger partial charge in [-0.15, -0.1) is 12.4 Å². The van der Waals surface area contributed by atoms with E-state index in [1.807, 2.05) is 0 Å². The van der Waals surface area contributed by atoms with Crippen molar-refractivity contribution in [3.05, 3.63) is 33.3 Å². The molecule has 1 aromatic rings. The molecule has 0 radical (unpaired) electrons. The molecule has 124 valence electrons. The molecule has 1 saturated heterocycles. The van der Waals surface area contributed by atoms with E-state index in [2.05, 4.69) is 5.32 Å². The number of nitrogens with one attached hydrogen (secondary N) is 1. The van der Waals surface area contributed by atoms with Crippen molar-refractivity contribution in [3.8, 4) is 0 Å². The number of halogens is 2. The van der Waals surface area contributed by atoms with Gasteiger partial charge in [0.15, 0.2) is 4.90 Å². The zero-order valence-electron chi connectivity index (χ0n) is 11.9. The summed E-state index contributed by atoms with van der Waals surface area (Å²) >= 11 is 5.73. The molecular formula is C12H17Cl2N3O4S. The highest BCUT2D eigenvalue weighted by molar-refractivity contribution is 7.89. The van der Waals surface area contributed by atoms with E-state index in [4.69, 9.17) is 11.6 Å². The molecule has 1 fully saturated rings. The van der Waals surface area contributed by atoms with Crippen molar-refractivity contribution in [1.29, 1.82) is 0 Å². The molecule has 1 N–H and O–H groups in total. The Hall–Kier alpha value is -0.930. The lowest BCUT2D eigenvalue weighted by atomic mass is 10.2. The topological polar surface area (TPSA) is 92.6 Å². The number of hydrogen-bond acceptors (Lipinski definition) is 5. The second-order valence-corrected chi connectivity index (χ2v) is 7.13. The Morgan fingerprint density at radius 2 is 2.18 bits per heavy atom. The lowest BCUT2D eigenvalue weighted by Crippen LogP contribution is -2.40. The maximum atomic E-state index is 12.7. The largest absolute Gasteiger partial charge is 0.318 e. The summed E-state index contributed by atoms with van der Waals surface area (Å²) in [7, 11) is -2.17. The molecule has 0 aliphatic carbocycles. The van der Waals surface area contributed by atoms with Crippen LogP contribution in [0, 0.1) is 10.1 Å². The molecule has 0 bridgehead atoms. The van der Waals surface area contributed by atoms with Crippen molar-refractivity contribution < 1.29 is 13.3 Å². The predicted octanol–water partition coefficient (Wildman–Crippen LogP) is 2.04. The van der Waals surface area contributed by atoms with Gasteiger partial charge in [-0.25, -0.2) is 8.42 Å². The van der Waals surface area contributed by atoms with Crippen LogP contribution in [0.25, 0.3) is 0 Å². The summed E-state index contributed by atoms with van der Waals surface area (Å²) in [4.78, 5) is 10.1. The van der Waals surface area contributed by atoms with Crippen molar-refractivity contribution in [1.82, 2.24) is 9.62 Å². The minimum atomic E-state index is -3.91. The van der Waals surface area contributed by atoms with E-state index >= 15 is 0 Å². The molecular weight excluding hydrogens is 353 g/mol. The van der Waals surface area contributed by atoms with Gasteiger partial charge < -0.3 is 5.32 Å². The average molecular weight is 370 g/mol. The molecule has 1 aliphatic rings. The van der Waals surface area contributed by atoms with Gasteiger partial charge in [0.2, 0.25) is 10.0 Å². The summed E-state index contributed by atoms with van der Waals surface area (Å²) in [6, 6.07) is 3.43. The number of nitro groups is 1. The number of hydrogen-bond donors (Lipinski definition) is 1. The van der Waals surface area contributed by atoms with Crippen LogP contribution < -0.4 is 5.32 Å². The van der Waals surface area contributed by atoms with Gasteiger partial charge in [-0.1, -0.05) is 11.6 Å². The molecule has 1 unspecified atom stereocenters. The molecule has 1 aliphatic heterocycles. The first kappa shape index (κ1) is 19.1. The van der Waals surface area contributed by atoms with E-state index < -0.39 is 20.6 Å². The fourth-order valence-corrected chi connectivity index (χ4v) is 4.54. The summed E-state index contributed by atoms with van der Waals surface area (Å²) in [6.07, 6.45) is 1.48. The lowest BCUT2D eigenvalue weighted by molar-refractivity contribution is -0.387. The van der Waals surface area contributed by atoms with Crippen LogP contribution in [-0.2, 0) is 10.0 Å². The Labute approximate surface area is 140 Å². The maximum Gasteiger partial charge on any atom is 0.290 e. The van der Waals surface area contributed by atoms with Gasteiger partial charge in [0.05, 0.1) is 4.92 Å². The number of benzene rings is 1. The fraction of sp³-hybridized carbons (Fsp3) is 0.500. The van der Waals surface area contributed by atoms with Crippen LogP contribution in [0.3, 0.4) is 0 Å². The van der Waals surface area contributed by atoms with Gasteiger partial charge in [-0.2, -0.15) is 4.31 Å². The van der Waals surface area contributed by atoms with E-state index in [-0.39, 0.29) is 28.4 Å². The molecule has 0 aromatic heterocycles. The second kappa shape index (κ2) is 7.56. The fourth-order valence-electron chi connectivity index (χ4n) is 2.54. The molecule has 10 heteroatoms. The molecule has 1 aromatic carbocycles. The molecule has 0 amide bonds. The van der Waals surface area contributed by atoms with Crippen molar-refractivity contribution in [2.45, 2.75) is 23.8 Å². The highest BCUT2D eigenvalue weighted by Crippen LogP contribution is 2.32. The Bertz CT molecular complexity index is 654. The number of sulfonamides is 1. The van der Waals surface area contributed by atoms with Crippen LogP contribution >= 0.6 is 24.0 Å². The Morgan fingerprint density at radius 3 is 2.77 bits per heavy atom. The lowest BCUT2D eigenvalue weighted by Gasteiger charge is -2.23. The molecule has 1 atom stereocenters.